The summed E-state index contributed by atoms with van der Waals surface area (Å²) < 4.78 is 36.0. The van der Waals surface area contributed by atoms with Gasteiger partial charge in [-0.05, 0) is 67.9 Å². The van der Waals surface area contributed by atoms with Gasteiger partial charge in [-0.3, -0.25) is 0 Å². The Kier molecular flexibility index (Phi) is 13.4. The third-order valence-electron chi connectivity index (χ3n) is 11.0. The van der Waals surface area contributed by atoms with Gasteiger partial charge in [0.2, 0.25) is 0 Å². The maximum Gasteiger partial charge on any atom is 0.117 e. The summed E-state index contributed by atoms with van der Waals surface area (Å²) in [5.74, 6) is 0. The van der Waals surface area contributed by atoms with Crippen LogP contribution in [0.3, 0.4) is 0 Å². The summed E-state index contributed by atoms with van der Waals surface area (Å²) in [7, 11) is 0. The van der Waals surface area contributed by atoms with Crippen LogP contribution < -0.4 is 0 Å². The van der Waals surface area contributed by atoms with Crippen molar-refractivity contribution in [2.24, 2.45) is 0 Å². The molecule has 0 N–H and O–H groups in total. The second kappa shape index (κ2) is 19.4. The van der Waals surface area contributed by atoms with E-state index in [2.05, 4.69) is 118 Å². The van der Waals surface area contributed by atoms with Crippen LogP contribution in [-0.2, 0) is 61.9 Å². The van der Waals surface area contributed by atoms with Crippen molar-refractivity contribution >= 4 is 21.4 Å². The lowest BCUT2D eigenvalue weighted by atomic mass is 9.86. The Morgan fingerprint density at radius 1 is 0.508 bits per heavy atom. The molecule has 1 saturated heterocycles. The van der Waals surface area contributed by atoms with Gasteiger partial charge in [0.1, 0.15) is 30.5 Å². The van der Waals surface area contributed by atoms with Crippen molar-refractivity contribution in [2.45, 2.75) is 89.6 Å². The Labute approximate surface area is 353 Å². The monoisotopic (exact) mass is 802 g/mol. The van der Waals surface area contributed by atoms with E-state index in [1.165, 1.54) is 26.1 Å². The Hall–Kier alpha value is -4.92. The van der Waals surface area contributed by atoms with Crippen LogP contribution >= 0.6 is 11.3 Å². The van der Waals surface area contributed by atoms with Crippen molar-refractivity contribution in [1.82, 2.24) is 0 Å². The van der Waals surface area contributed by atoms with Crippen molar-refractivity contribution in [3.05, 3.63) is 214 Å². The highest BCUT2D eigenvalue weighted by molar-refractivity contribution is 7.19. The maximum atomic E-state index is 7.24. The third-order valence-corrected chi connectivity index (χ3v) is 12.1. The molecular formula is C53H54O5S. The molecule has 5 atom stereocenters. The lowest BCUT2D eigenvalue weighted by molar-refractivity contribution is -0.275. The summed E-state index contributed by atoms with van der Waals surface area (Å²) in [6.45, 7) is 8.78. The van der Waals surface area contributed by atoms with E-state index in [4.69, 9.17) is 23.7 Å². The number of benzene rings is 6. The van der Waals surface area contributed by atoms with Gasteiger partial charge in [0.05, 0.1) is 33.0 Å². The van der Waals surface area contributed by atoms with Crippen LogP contribution in [0.5, 0.6) is 0 Å². The molecule has 6 heteroatoms. The average molecular weight is 803 g/mol. The van der Waals surface area contributed by atoms with Gasteiger partial charge < -0.3 is 23.7 Å². The van der Waals surface area contributed by atoms with Crippen molar-refractivity contribution < 1.29 is 23.7 Å². The van der Waals surface area contributed by atoms with Crippen LogP contribution in [0.25, 0.3) is 10.1 Å². The molecule has 0 amide bonds. The molecule has 1 aliphatic rings. The molecule has 0 bridgehead atoms. The largest absolute Gasteiger partial charge is 0.374 e. The molecule has 0 saturated carbocycles. The van der Waals surface area contributed by atoms with Crippen LogP contribution in [-0.4, -0.2) is 31.0 Å². The minimum absolute atomic E-state index is 0.0997. The molecule has 1 aliphatic heterocycles. The fourth-order valence-electron chi connectivity index (χ4n) is 7.79. The lowest BCUT2D eigenvalue weighted by Gasteiger charge is -2.46. The van der Waals surface area contributed by atoms with Crippen LogP contribution in [0, 0.1) is 0 Å². The van der Waals surface area contributed by atoms with Crippen molar-refractivity contribution in [3.63, 3.8) is 0 Å². The number of rotatable bonds is 16. The summed E-state index contributed by atoms with van der Waals surface area (Å²) in [6.07, 6.45) is -1.58. The number of fused-ring (bicyclic) bond motifs is 1. The quantitative estimate of drug-likeness (QED) is 0.0974. The van der Waals surface area contributed by atoms with Gasteiger partial charge >= 0.3 is 0 Å². The van der Waals surface area contributed by atoms with E-state index in [0.717, 1.165) is 34.2 Å². The first-order valence-corrected chi connectivity index (χ1v) is 21.5. The molecule has 0 radical (unpaired) electrons. The first-order valence-electron chi connectivity index (χ1n) is 20.7. The Balaban J connectivity index is 1.14. The zero-order chi connectivity index (χ0) is 40.4. The van der Waals surface area contributed by atoms with Crippen LogP contribution in [0.4, 0.5) is 0 Å². The van der Waals surface area contributed by atoms with Gasteiger partial charge in [0, 0.05) is 16.0 Å². The standard InChI is InChI=1S/C53H54O5S/c1-53(2,3)45-27-28-48-44(31-45)32-46(59-48)30-42-25-16-26-43(29-42)49-51(56-35-40-21-12-6-13-22-40)52(57-36-41-23-14-7-15-24-41)50(55-34-39-19-10-5-11-20-39)47(58-49)37-54-33-38-17-8-4-9-18-38/h4-29,31-32,47,49-52H,30,33-37H2,1-3H3/t47-,49+,50-,51+,52+/m1/s1. The van der Waals surface area contributed by atoms with Gasteiger partial charge in [-0.1, -0.05) is 172 Å². The average Bonchev–Trinajstić information content (AvgIpc) is 3.67. The van der Waals surface area contributed by atoms with Crippen molar-refractivity contribution in [3.8, 4) is 0 Å². The second-order valence-corrected chi connectivity index (χ2v) is 17.7. The van der Waals surface area contributed by atoms with Gasteiger partial charge in [-0.25, -0.2) is 0 Å². The Morgan fingerprint density at radius 2 is 1.03 bits per heavy atom. The first-order chi connectivity index (χ1) is 28.9. The normalized spacial score (nSPS) is 19.5. The second-order valence-electron chi connectivity index (χ2n) is 16.5. The molecule has 59 heavy (non-hydrogen) atoms. The molecule has 0 aliphatic carbocycles. The predicted octanol–water partition coefficient (Wildman–Crippen LogP) is 12.2. The first kappa shape index (κ1) is 40.8. The van der Waals surface area contributed by atoms with Crippen LogP contribution in [0.15, 0.2) is 170 Å². The SMILES string of the molecule is CC(C)(C)c1ccc2sc(Cc3cccc([C@@H]4O[C@H](COCc5ccccc5)[C@@H](OCc5ccccc5)[C@H](OCc5ccccc5)[C@H]4OCc4ccccc4)c3)cc2c1. The molecule has 6 aromatic carbocycles. The van der Waals surface area contributed by atoms with Gasteiger partial charge in [0.15, 0.2) is 0 Å². The molecule has 302 valence electrons. The fraction of sp³-hybridized carbons (Fsp3) is 0.283. The highest BCUT2D eigenvalue weighted by atomic mass is 32.1. The van der Waals surface area contributed by atoms with Gasteiger partial charge in [-0.2, -0.15) is 0 Å². The highest BCUT2D eigenvalue weighted by Crippen LogP contribution is 2.40. The van der Waals surface area contributed by atoms with E-state index in [1.807, 2.05) is 84.1 Å². The topological polar surface area (TPSA) is 46.2 Å². The number of hydrogen-bond donors (Lipinski definition) is 0. The Morgan fingerprint density at radius 3 is 1.61 bits per heavy atom. The number of thiophene rings is 1. The zero-order valence-electron chi connectivity index (χ0n) is 34.2. The molecule has 2 heterocycles. The highest BCUT2D eigenvalue weighted by Gasteiger charge is 2.49. The maximum absolute atomic E-state index is 7.24. The van der Waals surface area contributed by atoms with Crippen molar-refractivity contribution in [2.75, 3.05) is 6.61 Å². The molecule has 0 spiro atoms. The Bertz CT molecular complexity index is 2340. The molecule has 0 unspecified atom stereocenters. The minimum atomic E-state index is -0.500. The summed E-state index contributed by atoms with van der Waals surface area (Å²) >= 11 is 1.87. The summed E-state index contributed by atoms with van der Waals surface area (Å²) in [5.41, 5.74) is 8.05. The summed E-state index contributed by atoms with van der Waals surface area (Å²) in [4.78, 5) is 1.33. The minimum Gasteiger partial charge on any atom is -0.374 e. The number of hydrogen-bond acceptors (Lipinski definition) is 6. The summed E-state index contributed by atoms with van der Waals surface area (Å²) in [5, 5.41) is 1.30. The van der Waals surface area contributed by atoms with E-state index in [0.29, 0.717) is 33.0 Å². The summed E-state index contributed by atoms with van der Waals surface area (Å²) in [6, 6.07) is 59.2. The third kappa shape index (κ3) is 10.8. The number of ether oxygens (including phenoxy) is 5. The molecule has 7 aromatic rings. The van der Waals surface area contributed by atoms with E-state index in [-0.39, 0.29) is 5.41 Å². The predicted molar refractivity (Wildman–Crippen MR) is 239 cm³/mol. The molecule has 1 fully saturated rings. The smallest absolute Gasteiger partial charge is 0.117 e. The lowest BCUT2D eigenvalue weighted by Crippen LogP contribution is -2.58. The van der Waals surface area contributed by atoms with Crippen LogP contribution in [0.2, 0.25) is 0 Å². The molecule has 8 rings (SSSR count). The molecule has 1 aromatic heterocycles. The van der Waals surface area contributed by atoms with Crippen LogP contribution in [0.1, 0.15) is 70.7 Å². The molecule has 5 nitrogen and oxygen atoms in total. The van der Waals surface area contributed by atoms with E-state index in [1.54, 1.807) is 0 Å². The van der Waals surface area contributed by atoms with E-state index in [9.17, 15) is 0 Å². The van der Waals surface area contributed by atoms with E-state index < -0.39 is 30.5 Å². The van der Waals surface area contributed by atoms with Crippen molar-refractivity contribution in [1.29, 1.82) is 0 Å². The fourth-order valence-corrected chi connectivity index (χ4v) is 8.87. The molecular weight excluding hydrogens is 749 g/mol. The van der Waals surface area contributed by atoms with E-state index >= 15 is 0 Å². The van der Waals surface area contributed by atoms with Gasteiger partial charge in [-0.15, -0.1) is 11.3 Å². The van der Waals surface area contributed by atoms with Gasteiger partial charge in [0.25, 0.3) is 0 Å². The zero-order valence-corrected chi connectivity index (χ0v) is 35.1.